The lowest BCUT2D eigenvalue weighted by atomic mass is 9.98. The first kappa shape index (κ1) is 26.6. The number of aryl methyl sites for hydroxylation is 2. The molecule has 0 saturated carbocycles. The van der Waals surface area contributed by atoms with E-state index in [-0.39, 0.29) is 17.4 Å². The number of amides is 1. The van der Waals surface area contributed by atoms with E-state index in [0.29, 0.717) is 54.3 Å². The second-order valence-corrected chi connectivity index (χ2v) is 10.8. The van der Waals surface area contributed by atoms with Gasteiger partial charge in [-0.2, -0.15) is 0 Å². The van der Waals surface area contributed by atoms with Crippen LogP contribution in [0, 0.1) is 17.5 Å². The van der Waals surface area contributed by atoms with Gasteiger partial charge in [-0.3, -0.25) is 24.1 Å². The monoisotopic (exact) mass is 599 g/mol. The topological polar surface area (TPSA) is 99.0 Å². The summed E-state index contributed by atoms with van der Waals surface area (Å²) in [6, 6.07) is 6.19. The largest absolute Gasteiger partial charge is 0.485 e. The van der Waals surface area contributed by atoms with Crippen molar-refractivity contribution in [1.82, 2.24) is 24.8 Å². The molecular weight excluding hydrogens is 571 g/mol. The number of aromatic nitrogens is 4. The van der Waals surface area contributed by atoms with Gasteiger partial charge in [0.05, 0.1) is 31.6 Å². The minimum atomic E-state index is -2.89. The molecule has 4 aromatic rings. The normalized spacial score (nSPS) is 14.1. The number of ether oxygens (including phenoxy) is 1. The minimum Gasteiger partial charge on any atom is -0.485 e. The average molecular weight is 600 g/mol. The van der Waals surface area contributed by atoms with Gasteiger partial charge in [0.2, 0.25) is 5.91 Å². The Morgan fingerprint density at radius 3 is 2.60 bits per heavy atom. The Morgan fingerprint density at radius 1 is 1.10 bits per heavy atom. The Morgan fingerprint density at radius 2 is 1.86 bits per heavy atom. The third-order valence-electron chi connectivity index (χ3n) is 6.78. The van der Waals surface area contributed by atoms with Gasteiger partial charge in [0.1, 0.15) is 40.4 Å². The van der Waals surface area contributed by atoms with Crippen molar-refractivity contribution in [2.24, 2.45) is 0 Å². The van der Waals surface area contributed by atoms with Gasteiger partial charge in [0.15, 0.2) is 5.82 Å². The molecule has 0 radical (unpaired) electrons. The zero-order valence-corrected chi connectivity index (χ0v) is 23.7. The summed E-state index contributed by atoms with van der Waals surface area (Å²) in [5.74, 6) is -3.56. The van der Waals surface area contributed by atoms with E-state index in [1.807, 2.05) is 0 Å². The van der Waals surface area contributed by atoms with Crippen LogP contribution in [0.4, 0.5) is 13.2 Å². The Labute approximate surface area is 247 Å². The molecular formula is C30H27ClF3N5O3. The third-order valence-corrected chi connectivity index (χ3v) is 7.13. The summed E-state index contributed by atoms with van der Waals surface area (Å²) in [6.07, 6.45) is 4.67. The number of rotatable bonds is 6. The zero-order valence-electron chi connectivity index (χ0n) is 24.9. The first-order chi connectivity index (χ1) is 20.7. The number of nitrogens with one attached hydrogen (secondary N) is 1. The Balaban J connectivity index is 1.60. The zero-order chi connectivity index (χ0) is 32.0. The van der Waals surface area contributed by atoms with Crippen LogP contribution < -0.4 is 15.6 Å². The lowest BCUT2D eigenvalue weighted by molar-refractivity contribution is -0.120. The quantitative estimate of drug-likeness (QED) is 0.310. The first-order valence-corrected chi connectivity index (χ1v) is 13.5. The minimum absolute atomic E-state index is 0.00231. The van der Waals surface area contributed by atoms with Crippen molar-refractivity contribution in [2.45, 2.75) is 58.6 Å². The maximum Gasteiger partial charge on any atom is 0.277 e. The molecule has 0 atom stereocenters. The van der Waals surface area contributed by atoms with Gasteiger partial charge in [-0.25, -0.2) is 18.2 Å². The summed E-state index contributed by atoms with van der Waals surface area (Å²) in [5, 5.41) is 2.21. The smallest absolute Gasteiger partial charge is 0.277 e. The van der Waals surface area contributed by atoms with E-state index in [0.717, 1.165) is 12.0 Å². The molecule has 1 N–H and O–H groups in total. The molecule has 1 aliphatic rings. The summed E-state index contributed by atoms with van der Waals surface area (Å²) < 4.78 is 65.8. The molecule has 0 saturated heterocycles. The molecule has 1 aliphatic heterocycles. The summed E-state index contributed by atoms with van der Waals surface area (Å²) in [4.78, 5) is 37.9. The number of pyridine rings is 4. The van der Waals surface area contributed by atoms with Gasteiger partial charge in [0, 0.05) is 30.9 Å². The molecule has 0 aromatic carbocycles. The van der Waals surface area contributed by atoms with Crippen molar-refractivity contribution in [2.75, 3.05) is 0 Å². The lowest BCUT2D eigenvalue weighted by Gasteiger charge is -2.26. The van der Waals surface area contributed by atoms with Crippen molar-refractivity contribution < 1.29 is 25.4 Å². The highest BCUT2D eigenvalue weighted by molar-refractivity contribution is 6.31. The van der Waals surface area contributed by atoms with Gasteiger partial charge in [-0.05, 0) is 63.3 Å². The van der Waals surface area contributed by atoms with E-state index < -0.39 is 45.8 Å². The molecule has 1 amide bonds. The van der Waals surface area contributed by atoms with E-state index in [2.05, 4.69) is 20.3 Å². The van der Waals surface area contributed by atoms with E-state index in [1.54, 1.807) is 26.1 Å². The molecule has 5 rings (SSSR count). The number of carbonyl (C=O) groups excluding carboxylic acids is 1. The fraction of sp³-hybridized carbons (Fsp3) is 0.300. The highest BCUT2D eigenvalue weighted by Gasteiger charge is 2.28. The molecule has 8 nitrogen and oxygen atoms in total. The van der Waals surface area contributed by atoms with Crippen LogP contribution >= 0.6 is 11.6 Å². The fourth-order valence-electron chi connectivity index (χ4n) is 4.89. The number of fused-ring (bicyclic) bond motifs is 3. The highest BCUT2D eigenvalue weighted by atomic mass is 35.5. The second kappa shape index (κ2) is 11.6. The van der Waals surface area contributed by atoms with E-state index in [4.69, 9.17) is 19.1 Å². The lowest BCUT2D eigenvalue weighted by Crippen LogP contribution is -2.41. The number of hydrogen-bond donors (Lipinski definition) is 1. The van der Waals surface area contributed by atoms with Gasteiger partial charge in [0.25, 0.3) is 5.56 Å². The maximum atomic E-state index is 14.8. The summed E-state index contributed by atoms with van der Waals surface area (Å²) in [6.45, 7) is 1.68. The van der Waals surface area contributed by atoms with E-state index >= 15 is 0 Å². The van der Waals surface area contributed by atoms with Crippen molar-refractivity contribution in [3.63, 3.8) is 0 Å². The standard InChI is InChI=1S/C30H27ClF3N5O3/c1-16(40)38-30(2,3)28-20(33)8-9-22(37-28)23-12-25-17(13-35-23)6-4-5-7-19-11-26(27(31)29(41)39(19)25)42-15-24-21(34)10-18(32)14-36-24/h8-14H,4-7,15H2,1-3H3,(H,38,40)/i15D2. The molecule has 12 heteroatoms. The third kappa shape index (κ3) is 5.87. The van der Waals surface area contributed by atoms with Crippen molar-refractivity contribution in [3.05, 3.63) is 98.2 Å². The van der Waals surface area contributed by atoms with Crippen LogP contribution in [0.1, 0.15) is 59.0 Å². The molecule has 0 spiro atoms. The molecule has 0 unspecified atom stereocenters. The summed E-state index contributed by atoms with van der Waals surface area (Å²) in [7, 11) is 0. The van der Waals surface area contributed by atoms with Crippen molar-refractivity contribution >= 4 is 17.5 Å². The molecule has 4 aromatic heterocycles. The number of hydrogen-bond acceptors (Lipinski definition) is 6. The predicted octanol–water partition coefficient (Wildman–Crippen LogP) is 5.59. The molecule has 0 aliphatic carbocycles. The molecule has 218 valence electrons. The average Bonchev–Trinajstić information content (AvgIpc) is 2.92. The number of carbonyl (C=O) groups is 1. The number of nitrogens with zero attached hydrogens (tertiary/aromatic N) is 4. The Kier molecular flexibility index (Phi) is 7.33. The summed E-state index contributed by atoms with van der Waals surface area (Å²) >= 11 is 6.43. The first-order valence-electron chi connectivity index (χ1n) is 14.1. The van der Waals surface area contributed by atoms with Crippen LogP contribution in [-0.2, 0) is 29.7 Å². The van der Waals surface area contributed by atoms with Crippen LogP contribution in [0.3, 0.4) is 0 Å². The molecule has 0 fully saturated rings. The Hall–Kier alpha value is -4.25. The van der Waals surface area contributed by atoms with Gasteiger partial charge in [-0.1, -0.05) is 11.6 Å². The SMILES string of the molecule is [2H]C([2H])(Oc1cc2n(c(=O)c1Cl)-c1cc(-c3ccc(F)c(C(C)(C)NC(C)=O)n3)ncc1CCCC2)c1ncc(F)cc1F. The predicted molar refractivity (Wildman–Crippen MR) is 150 cm³/mol. The maximum absolute atomic E-state index is 14.8. The molecule has 5 heterocycles. The van der Waals surface area contributed by atoms with Crippen LogP contribution in [0.2, 0.25) is 5.02 Å². The molecule has 42 heavy (non-hydrogen) atoms. The second-order valence-electron chi connectivity index (χ2n) is 10.4. The van der Waals surface area contributed by atoms with Gasteiger partial charge < -0.3 is 10.1 Å². The van der Waals surface area contributed by atoms with E-state index in [1.165, 1.54) is 29.7 Å². The van der Waals surface area contributed by atoms with Crippen LogP contribution in [0.15, 0.2) is 47.5 Å². The van der Waals surface area contributed by atoms with Gasteiger partial charge in [-0.15, -0.1) is 0 Å². The van der Waals surface area contributed by atoms with Crippen LogP contribution in [0.5, 0.6) is 5.75 Å². The highest BCUT2D eigenvalue weighted by Crippen LogP contribution is 2.31. The van der Waals surface area contributed by atoms with E-state index in [9.17, 15) is 22.8 Å². The van der Waals surface area contributed by atoms with Crippen LogP contribution in [-0.4, -0.2) is 25.4 Å². The van der Waals surface area contributed by atoms with Crippen LogP contribution in [0.25, 0.3) is 17.1 Å². The van der Waals surface area contributed by atoms with Crippen molar-refractivity contribution in [1.29, 1.82) is 0 Å². The van der Waals surface area contributed by atoms with Gasteiger partial charge >= 0.3 is 0 Å². The Bertz CT molecular complexity index is 1850. The number of halogens is 4. The molecule has 0 bridgehead atoms. The fourth-order valence-corrected chi connectivity index (χ4v) is 5.06. The summed E-state index contributed by atoms with van der Waals surface area (Å²) in [5.41, 5.74) is -0.405. The van der Waals surface area contributed by atoms with Crippen molar-refractivity contribution in [3.8, 4) is 22.8 Å².